The summed E-state index contributed by atoms with van der Waals surface area (Å²) in [7, 11) is 1.30. The van der Waals surface area contributed by atoms with E-state index in [2.05, 4.69) is 16.0 Å². The van der Waals surface area contributed by atoms with E-state index < -0.39 is 12.1 Å². The van der Waals surface area contributed by atoms with Crippen molar-refractivity contribution in [1.29, 1.82) is 0 Å². The summed E-state index contributed by atoms with van der Waals surface area (Å²) in [4.78, 5) is 22.1. The first kappa shape index (κ1) is 13.7. The molecule has 98 valence electrons. The second kappa shape index (κ2) is 7.08. The molecule has 0 aliphatic carbocycles. The summed E-state index contributed by atoms with van der Waals surface area (Å²) in [6.45, 7) is 1.74. The molecular formula is C10H19N3O4. The quantitative estimate of drug-likeness (QED) is 0.505. The number of ether oxygens (including phenoxy) is 1. The number of methoxy groups -OCH3 is 1. The fourth-order valence-electron chi connectivity index (χ4n) is 1.66. The van der Waals surface area contributed by atoms with E-state index in [1.165, 1.54) is 7.11 Å². The lowest BCUT2D eigenvalue weighted by molar-refractivity contribution is -0.147. The van der Waals surface area contributed by atoms with Crippen LogP contribution in [0.3, 0.4) is 0 Å². The van der Waals surface area contributed by atoms with Crippen molar-refractivity contribution in [2.45, 2.75) is 25.0 Å². The molecule has 2 amide bonds. The van der Waals surface area contributed by atoms with Gasteiger partial charge in [-0.05, 0) is 25.9 Å². The number of piperidine rings is 1. The molecule has 1 unspecified atom stereocenters. The Labute approximate surface area is 99.9 Å². The van der Waals surface area contributed by atoms with Crippen molar-refractivity contribution in [3.63, 3.8) is 0 Å². The van der Waals surface area contributed by atoms with Gasteiger partial charge in [-0.25, -0.2) is 9.59 Å². The van der Waals surface area contributed by atoms with Crippen molar-refractivity contribution in [2.24, 2.45) is 0 Å². The van der Waals surface area contributed by atoms with Crippen LogP contribution < -0.4 is 16.0 Å². The summed E-state index contributed by atoms with van der Waals surface area (Å²) in [5, 5.41) is 17.2. The topological polar surface area (TPSA) is 99.7 Å². The third-order valence-corrected chi connectivity index (χ3v) is 2.68. The molecule has 0 radical (unpaired) electrons. The zero-order valence-corrected chi connectivity index (χ0v) is 9.86. The molecule has 0 bridgehead atoms. The van der Waals surface area contributed by atoms with Gasteiger partial charge < -0.3 is 25.8 Å². The summed E-state index contributed by atoms with van der Waals surface area (Å²) >= 11 is 0. The van der Waals surface area contributed by atoms with Crippen LogP contribution >= 0.6 is 0 Å². The zero-order chi connectivity index (χ0) is 12.7. The third-order valence-electron chi connectivity index (χ3n) is 2.68. The Morgan fingerprint density at radius 2 is 2.12 bits per heavy atom. The molecule has 1 rings (SSSR count). The van der Waals surface area contributed by atoms with E-state index in [0.29, 0.717) is 0 Å². The van der Waals surface area contributed by atoms with Gasteiger partial charge in [0.15, 0.2) is 6.10 Å². The van der Waals surface area contributed by atoms with Gasteiger partial charge in [-0.1, -0.05) is 0 Å². The number of nitrogens with one attached hydrogen (secondary N) is 3. The number of urea groups is 1. The largest absolute Gasteiger partial charge is 0.479 e. The maximum Gasteiger partial charge on any atom is 0.334 e. The molecule has 1 atom stereocenters. The monoisotopic (exact) mass is 245 g/mol. The average Bonchev–Trinajstić information content (AvgIpc) is 2.30. The van der Waals surface area contributed by atoms with E-state index in [9.17, 15) is 9.59 Å². The van der Waals surface area contributed by atoms with Gasteiger partial charge in [0.25, 0.3) is 0 Å². The van der Waals surface area contributed by atoms with Crippen molar-refractivity contribution in [1.82, 2.24) is 16.0 Å². The molecule has 1 aliphatic heterocycles. The van der Waals surface area contributed by atoms with Crippen LogP contribution in [-0.4, -0.2) is 56.0 Å². The van der Waals surface area contributed by atoms with Gasteiger partial charge in [-0.2, -0.15) is 0 Å². The van der Waals surface area contributed by atoms with E-state index in [1.54, 1.807) is 0 Å². The third kappa shape index (κ3) is 5.01. The fourth-order valence-corrected chi connectivity index (χ4v) is 1.66. The predicted molar refractivity (Wildman–Crippen MR) is 60.9 cm³/mol. The number of hydrogen-bond acceptors (Lipinski definition) is 4. The first-order valence-electron chi connectivity index (χ1n) is 5.64. The van der Waals surface area contributed by atoms with Gasteiger partial charge in [0.05, 0.1) is 6.54 Å². The van der Waals surface area contributed by atoms with Crippen LogP contribution in [0.2, 0.25) is 0 Å². The highest BCUT2D eigenvalue weighted by Crippen LogP contribution is 2.01. The molecule has 4 N–H and O–H groups in total. The highest BCUT2D eigenvalue weighted by atomic mass is 16.5. The van der Waals surface area contributed by atoms with E-state index in [-0.39, 0.29) is 18.6 Å². The summed E-state index contributed by atoms with van der Waals surface area (Å²) in [6.07, 6.45) is 0.772. The van der Waals surface area contributed by atoms with Crippen molar-refractivity contribution in [3.8, 4) is 0 Å². The van der Waals surface area contributed by atoms with E-state index in [1.807, 2.05) is 0 Å². The SMILES string of the molecule is COC(CNC(=O)NC1CCNCC1)C(=O)O. The molecule has 0 spiro atoms. The van der Waals surface area contributed by atoms with Crippen LogP contribution in [0.1, 0.15) is 12.8 Å². The van der Waals surface area contributed by atoms with Gasteiger partial charge in [-0.3, -0.25) is 0 Å². The maximum absolute atomic E-state index is 11.5. The van der Waals surface area contributed by atoms with E-state index in [0.717, 1.165) is 25.9 Å². The number of carboxylic acids is 1. The summed E-state index contributed by atoms with van der Waals surface area (Å²) in [6, 6.07) is -0.192. The Kier molecular flexibility index (Phi) is 5.71. The van der Waals surface area contributed by atoms with E-state index in [4.69, 9.17) is 9.84 Å². The van der Waals surface area contributed by atoms with Crippen LogP contribution in [0.25, 0.3) is 0 Å². The van der Waals surface area contributed by atoms with Crippen LogP contribution in [0.5, 0.6) is 0 Å². The van der Waals surface area contributed by atoms with Gasteiger partial charge in [-0.15, -0.1) is 0 Å². The van der Waals surface area contributed by atoms with Gasteiger partial charge in [0.2, 0.25) is 0 Å². The maximum atomic E-state index is 11.5. The van der Waals surface area contributed by atoms with Crippen LogP contribution in [0, 0.1) is 0 Å². The molecule has 1 fully saturated rings. The molecule has 1 saturated heterocycles. The molecular weight excluding hydrogens is 226 g/mol. The minimum atomic E-state index is -1.09. The number of aliphatic carboxylic acids is 1. The number of amides is 2. The van der Waals surface area contributed by atoms with Gasteiger partial charge in [0, 0.05) is 13.2 Å². The standard InChI is InChI=1S/C10H19N3O4/c1-17-8(9(14)15)6-12-10(16)13-7-2-4-11-5-3-7/h7-8,11H,2-6H2,1H3,(H,14,15)(H2,12,13,16). The Balaban J connectivity index is 2.21. The number of carboxylic acid groups (broad SMARTS) is 1. The minimum Gasteiger partial charge on any atom is -0.479 e. The minimum absolute atomic E-state index is 0.0391. The average molecular weight is 245 g/mol. The molecule has 17 heavy (non-hydrogen) atoms. The molecule has 7 heteroatoms. The molecule has 1 heterocycles. The molecule has 0 saturated carbocycles. The number of hydrogen-bond donors (Lipinski definition) is 4. The summed E-state index contributed by atoms with van der Waals surface area (Å²) < 4.78 is 4.70. The molecule has 0 aromatic carbocycles. The fraction of sp³-hybridized carbons (Fsp3) is 0.800. The second-order valence-corrected chi connectivity index (χ2v) is 3.94. The van der Waals surface area contributed by atoms with Crippen molar-refractivity contribution in [2.75, 3.05) is 26.7 Å². The van der Waals surface area contributed by atoms with E-state index >= 15 is 0 Å². The van der Waals surface area contributed by atoms with Crippen molar-refractivity contribution >= 4 is 12.0 Å². The zero-order valence-electron chi connectivity index (χ0n) is 9.86. The molecule has 7 nitrogen and oxygen atoms in total. The molecule has 0 aromatic rings. The normalized spacial score (nSPS) is 18.4. The van der Waals surface area contributed by atoms with Crippen LogP contribution in [0.15, 0.2) is 0 Å². The predicted octanol–water partition coefficient (Wildman–Crippen LogP) is -0.863. The Bertz CT molecular complexity index is 266. The lowest BCUT2D eigenvalue weighted by atomic mass is 10.1. The summed E-state index contributed by atoms with van der Waals surface area (Å²) in [5.74, 6) is -1.09. The number of carbonyl (C=O) groups is 2. The smallest absolute Gasteiger partial charge is 0.334 e. The van der Waals surface area contributed by atoms with Gasteiger partial charge >= 0.3 is 12.0 Å². The molecule has 1 aliphatic rings. The number of carbonyl (C=O) groups excluding carboxylic acids is 1. The molecule has 0 aromatic heterocycles. The summed E-state index contributed by atoms with van der Waals surface area (Å²) in [5.41, 5.74) is 0. The lowest BCUT2D eigenvalue weighted by Gasteiger charge is -2.24. The highest BCUT2D eigenvalue weighted by Gasteiger charge is 2.19. The second-order valence-electron chi connectivity index (χ2n) is 3.94. The Morgan fingerprint density at radius 3 is 2.65 bits per heavy atom. The van der Waals surface area contributed by atoms with Crippen LogP contribution in [0.4, 0.5) is 4.79 Å². The first-order chi connectivity index (χ1) is 8.13. The van der Waals surface area contributed by atoms with Crippen molar-refractivity contribution in [3.05, 3.63) is 0 Å². The van der Waals surface area contributed by atoms with Crippen molar-refractivity contribution < 1.29 is 19.4 Å². The lowest BCUT2D eigenvalue weighted by Crippen LogP contribution is -2.49. The van der Waals surface area contributed by atoms with Crippen LogP contribution in [-0.2, 0) is 9.53 Å². The first-order valence-corrected chi connectivity index (χ1v) is 5.64. The Morgan fingerprint density at radius 1 is 1.47 bits per heavy atom. The highest BCUT2D eigenvalue weighted by molar-refractivity contribution is 5.77. The van der Waals surface area contributed by atoms with Gasteiger partial charge in [0.1, 0.15) is 0 Å². The Hall–Kier alpha value is -1.34. The number of rotatable bonds is 5.